The molecule has 104 valence electrons. The molecule has 0 spiro atoms. The predicted molar refractivity (Wildman–Crippen MR) is 81.3 cm³/mol. The minimum atomic E-state index is -0.378. The topological polar surface area (TPSA) is 64.3 Å². The van der Waals surface area contributed by atoms with Gasteiger partial charge in [0.15, 0.2) is 0 Å². The zero-order valence-electron chi connectivity index (χ0n) is 11.6. The molecule has 4 heteroatoms. The highest BCUT2D eigenvalue weighted by molar-refractivity contribution is 5.92. The first-order chi connectivity index (χ1) is 9.65. The molecule has 0 aliphatic heterocycles. The molecule has 20 heavy (non-hydrogen) atoms. The average Bonchev–Trinajstić information content (AvgIpc) is 2.49. The molecule has 0 aliphatic rings. The molecule has 0 bridgehead atoms. The first kappa shape index (κ1) is 13.9. The van der Waals surface area contributed by atoms with E-state index in [9.17, 15) is 4.79 Å². The number of methoxy groups -OCH3 is 1. The van der Waals surface area contributed by atoms with Gasteiger partial charge in [0.05, 0.1) is 24.0 Å². The van der Waals surface area contributed by atoms with E-state index in [-0.39, 0.29) is 5.97 Å². The lowest BCUT2D eigenvalue weighted by atomic mass is 10.1. The molecule has 0 aromatic heterocycles. The summed E-state index contributed by atoms with van der Waals surface area (Å²) in [7, 11) is 1.36. The summed E-state index contributed by atoms with van der Waals surface area (Å²) in [5.41, 5.74) is 9.90. The number of anilines is 3. The lowest BCUT2D eigenvalue weighted by molar-refractivity contribution is 0.0601. The zero-order chi connectivity index (χ0) is 14.5. The smallest absolute Gasteiger partial charge is 0.337 e. The maximum atomic E-state index is 11.6. The summed E-state index contributed by atoms with van der Waals surface area (Å²) in [6.45, 7) is 2.09. The summed E-state index contributed by atoms with van der Waals surface area (Å²) in [4.78, 5) is 11.6. The van der Waals surface area contributed by atoms with E-state index in [1.165, 1.54) is 12.7 Å². The second-order valence-corrected chi connectivity index (χ2v) is 4.43. The first-order valence-electron chi connectivity index (χ1n) is 6.48. The normalized spacial score (nSPS) is 10.1. The summed E-state index contributed by atoms with van der Waals surface area (Å²) < 4.78 is 4.72. The molecule has 0 saturated heterocycles. The lowest BCUT2D eigenvalue weighted by Gasteiger charge is -2.13. The van der Waals surface area contributed by atoms with Crippen LogP contribution in [-0.4, -0.2) is 13.1 Å². The average molecular weight is 270 g/mol. The fourth-order valence-corrected chi connectivity index (χ4v) is 2.00. The SMILES string of the molecule is CCc1ccccc1Nc1cc(C(=O)OC)ccc1N. The Balaban J connectivity index is 2.35. The lowest BCUT2D eigenvalue weighted by Crippen LogP contribution is -2.04. The summed E-state index contributed by atoms with van der Waals surface area (Å²) in [5, 5.41) is 3.28. The van der Waals surface area contributed by atoms with Crippen LogP contribution in [0.2, 0.25) is 0 Å². The molecule has 0 amide bonds. The van der Waals surface area contributed by atoms with Crippen molar-refractivity contribution in [2.24, 2.45) is 0 Å². The Morgan fingerprint density at radius 2 is 1.95 bits per heavy atom. The van der Waals surface area contributed by atoms with Crippen LogP contribution in [0.4, 0.5) is 17.1 Å². The molecule has 0 heterocycles. The van der Waals surface area contributed by atoms with Crippen molar-refractivity contribution < 1.29 is 9.53 Å². The number of esters is 1. The van der Waals surface area contributed by atoms with Gasteiger partial charge in [-0.1, -0.05) is 25.1 Å². The van der Waals surface area contributed by atoms with Crippen molar-refractivity contribution in [3.63, 3.8) is 0 Å². The number of benzene rings is 2. The minimum Gasteiger partial charge on any atom is -0.465 e. The van der Waals surface area contributed by atoms with Gasteiger partial charge in [0.25, 0.3) is 0 Å². The molecule has 4 nitrogen and oxygen atoms in total. The highest BCUT2D eigenvalue weighted by Crippen LogP contribution is 2.27. The van der Waals surface area contributed by atoms with Crippen LogP contribution in [0.1, 0.15) is 22.8 Å². The molecular weight excluding hydrogens is 252 g/mol. The molecule has 0 aliphatic carbocycles. The van der Waals surface area contributed by atoms with Crippen molar-refractivity contribution >= 4 is 23.0 Å². The third-order valence-electron chi connectivity index (χ3n) is 3.14. The second kappa shape index (κ2) is 6.10. The van der Waals surface area contributed by atoms with Gasteiger partial charge in [-0.2, -0.15) is 0 Å². The van der Waals surface area contributed by atoms with Gasteiger partial charge in [0.2, 0.25) is 0 Å². The molecular formula is C16H18N2O2. The Morgan fingerprint density at radius 3 is 2.65 bits per heavy atom. The van der Waals surface area contributed by atoms with Crippen LogP contribution >= 0.6 is 0 Å². The van der Waals surface area contributed by atoms with Crippen molar-refractivity contribution in [2.45, 2.75) is 13.3 Å². The van der Waals surface area contributed by atoms with Crippen LogP contribution in [-0.2, 0) is 11.2 Å². The van der Waals surface area contributed by atoms with Gasteiger partial charge >= 0.3 is 5.97 Å². The van der Waals surface area contributed by atoms with Crippen LogP contribution < -0.4 is 11.1 Å². The van der Waals surface area contributed by atoms with Gasteiger partial charge in [-0.25, -0.2) is 4.79 Å². The van der Waals surface area contributed by atoms with E-state index in [4.69, 9.17) is 10.5 Å². The highest BCUT2D eigenvalue weighted by Gasteiger charge is 2.09. The molecule has 2 rings (SSSR count). The number of ether oxygens (including phenoxy) is 1. The quantitative estimate of drug-likeness (QED) is 0.660. The Morgan fingerprint density at radius 1 is 1.20 bits per heavy atom. The second-order valence-electron chi connectivity index (χ2n) is 4.43. The van der Waals surface area contributed by atoms with Gasteiger partial charge in [-0.05, 0) is 36.2 Å². The number of para-hydroxylation sites is 1. The molecule has 0 fully saturated rings. The number of aryl methyl sites for hydroxylation is 1. The van der Waals surface area contributed by atoms with E-state index in [0.29, 0.717) is 16.9 Å². The fraction of sp³-hybridized carbons (Fsp3) is 0.188. The van der Waals surface area contributed by atoms with Gasteiger partial charge in [0.1, 0.15) is 0 Å². The van der Waals surface area contributed by atoms with Crippen molar-refractivity contribution in [1.82, 2.24) is 0 Å². The summed E-state index contributed by atoms with van der Waals surface area (Å²) in [5.74, 6) is -0.378. The Kier molecular flexibility index (Phi) is 4.25. The number of rotatable bonds is 4. The number of nitrogen functional groups attached to an aromatic ring is 1. The number of carbonyl (C=O) groups excluding carboxylic acids is 1. The van der Waals surface area contributed by atoms with Crippen LogP contribution in [0.25, 0.3) is 0 Å². The Labute approximate surface area is 118 Å². The van der Waals surface area contributed by atoms with Crippen LogP contribution in [0, 0.1) is 0 Å². The maximum Gasteiger partial charge on any atom is 0.337 e. The maximum absolute atomic E-state index is 11.6. The van der Waals surface area contributed by atoms with E-state index in [1.807, 2.05) is 18.2 Å². The largest absolute Gasteiger partial charge is 0.465 e. The molecule has 0 saturated carbocycles. The number of hydrogen-bond donors (Lipinski definition) is 2. The van der Waals surface area contributed by atoms with Crippen molar-refractivity contribution in [2.75, 3.05) is 18.2 Å². The number of nitrogens with one attached hydrogen (secondary N) is 1. The molecule has 2 aromatic carbocycles. The van der Waals surface area contributed by atoms with Crippen LogP contribution in [0.15, 0.2) is 42.5 Å². The van der Waals surface area contributed by atoms with Crippen molar-refractivity contribution in [3.8, 4) is 0 Å². The van der Waals surface area contributed by atoms with E-state index < -0.39 is 0 Å². The van der Waals surface area contributed by atoms with E-state index in [1.54, 1.807) is 18.2 Å². The zero-order valence-corrected chi connectivity index (χ0v) is 11.6. The monoisotopic (exact) mass is 270 g/mol. The predicted octanol–water partition coefficient (Wildman–Crippen LogP) is 3.36. The van der Waals surface area contributed by atoms with E-state index in [0.717, 1.165) is 12.1 Å². The van der Waals surface area contributed by atoms with Gasteiger partial charge < -0.3 is 15.8 Å². The highest BCUT2D eigenvalue weighted by atomic mass is 16.5. The van der Waals surface area contributed by atoms with Crippen molar-refractivity contribution in [1.29, 1.82) is 0 Å². The van der Waals surface area contributed by atoms with E-state index in [2.05, 4.69) is 18.3 Å². The number of hydrogen-bond acceptors (Lipinski definition) is 4. The molecule has 3 N–H and O–H groups in total. The third kappa shape index (κ3) is 2.91. The Hall–Kier alpha value is -2.49. The van der Waals surface area contributed by atoms with E-state index >= 15 is 0 Å². The third-order valence-corrected chi connectivity index (χ3v) is 3.14. The molecule has 0 radical (unpaired) electrons. The number of carbonyl (C=O) groups is 1. The van der Waals surface area contributed by atoms with Gasteiger partial charge in [0, 0.05) is 5.69 Å². The summed E-state index contributed by atoms with van der Waals surface area (Å²) in [6, 6.07) is 13.1. The summed E-state index contributed by atoms with van der Waals surface area (Å²) >= 11 is 0. The molecule has 0 atom stereocenters. The number of nitrogens with two attached hydrogens (primary N) is 1. The minimum absolute atomic E-state index is 0.378. The van der Waals surface area contributed by atoms with Gasteiger partial charge in [-0.3, -0.25) is 0 Å². The molecule has 0 unspecified atom stereocenters. The van der Waals surface area contributed by atoms with Gasteiger partial charge in [-0.15, -0.1) is 0 Å². The van der Waals surface area contributed by atoms with Crippen LogP contribution in [0.3, 0.4) is 0 Å². The standard InChI is InChI=1S/C16H18N2O2/c1-3-11-6-4-5-7-14(11)18-15-10-12(16(19)20-2)8-9-13(15)17/h4-10,18H,3,17H2,1-2H3. The molecule has 2 aromatic rings. The fourth-order valence-electron chi connectivity index (χ4n) is 2.00. The Bertz CT molecular complexity index is 624. The summed E-state index contributed by atoms with van der Waals surface area (Å²) in [6.07, 6.45) is 0.916. The van der Waals surface area contributed by atoms with Crippen LogP contribution in [0.5, 0.6) is 0 Å². The van der Waals surface area contributed by atoms with Crippen molar-refractivity contribution in [3.05, 3.63) is 53.6 Å². The first-order valence-corrected chi connectivity index (χ1v) is 6.48.